The number of amides is 1. The molecule has 0 saturated carbocycles. The number of nitrogens with one attached hydrogen (secondary N) is 2. The fourth-order valence-corrected chi connectivity index (χ4v) is 3.69. The minimum Gasteiger partial charge on any atom is -0.345 e. The summed E-state index contributed by atoms with van der Waals surface area (Å²) in [6.45, 7) is 4.46. The van der Waals surface area contributed by atoms with Gasteiger partial charge in [-0.05, 0) is 37.1 Å². The molecule has 0 spiro atoms. The zero-order valence-electron chi connectivity index (χ0n) is 17.6. The molecular formula is C24H25N5O2. The van der Waals surface area contributed by atoms with Gasteiger partial charge in [0, 0.05) is 12.7 Å². The largest absolute Gasteiger partial charge is 0.345 e. The summed E-state index contributed by atoms with van der Waals surface area (Å²) in [5.74, 6) is -0.383. The van der Waals surface area contributed by atoms with E-state index in [2.05, 4.69) is 17.2 Å². The molecule has 1 amide bonds. The van der Waals surface area contributed by atoms with Crippen LogP contribution in [0.3, 0.4) is 0 Å². The lowest BCUT2D eigenvalue weighted by Gasteiger charge is -2.17. The van der Waals surface area contributed by atoms with Crippen LogP contribution < -0.4 is 16.4 Å². The molecule has 0 fully saturated rings. The van der Waals surface area contributed by atoms with Crippen molar-refractivity contribution in [3.05, 3.63) is 87.8 Å². The normalized spacial score (nSPS) is 12.2. The highest BCUT2D eigenvalue weighted by atomic mass is 16.1. The molecule has 0 bridgehead atoms. The van der Waals surface area contributed by atoms with Gasteiger partial charge in [-0.2, -0.15) is 0 Å². The van der Waals surface area contributed by atoms with Crippen LogP contribution in [0.25, 0.3) is 16.7 Å². The Hall–Kier alpha value is -3.74. The van der Waals surface area contributed by atoms with Crippen molar-refractivity contribution >= 4 is 22.6 Å². The van der Waals surface area contributed by atoms with Crippen molar-refractivity contribution in [1.29, 1.82) is 5.41 Å². The van der Waals surface area contributed by atoms with Crippen LogP contribution in [0.5, 0.6) is 0 Å². The first-order valence-corrected chi connectivity index (χ1v) is 10.5. The third-order valence-electron chi connectivity index (χ3n) is 5.45. The fraction of sp³-hybridized carbons (Fsp3) is 0.250. The van der Waals surface area contributed by atoms with Gasteiger partial charge in [-0.25, -0.2) is 4.98 Å². The van der Waals surface area contributed by atoms with Crippen LogP contribution in [0.4, 0.5) is 0 Å². The number of carbonyl (C=O) groups is 1. The highest BCUT2D eigenvalue weighted by molar-refractivity contribution is 5.97. The summed E-state index contributed by atoms with van der Waals surface area (Å²) in [5, 5.41) is 12.0. The van der Waals surface area contributed by atoms with Gasteiger partial charge < -0.3 is 9.88 Å². The Labute approximate surface area is 179 Å². The van der Waals surface area contributed by atoms with E-state index in [1.165, 1.54) is 10.5 Å². The van der Waals surface area contributed by atoms with Crippen LogP contribution in [0.2, 0.25) is 0 Å². The second kappa shape index (κ2) is 8.55. The van der Waals surface area contributed by atoms with Gasteiger partial charge in [0.2, 0.25) is 0 Å². The van der Waals surface area contributed by atoms with Crippen LogP contribution in [0, 0.1) is 5.41 Å². The Morgan fingerprint density at radius 3 is 2.65 bits per heavy atom. The predicted molar refractivity (Wildman–Crippen MR) is 120 cm³/mol. The molecule has 1 aromatic carbocycles. The quantitative estimate of drug-likeness (QED) is 0.473. The fourth-order valence-electron chi connectivity index (χ4n) is 3.69. The summed E-state index contributed by atoms with van der Waals surface area (Å²) < 4.78 is 3.14. The zero-order chi connectivity index (χ0) is 22.0. The predicted octanol–water partition coefficient (Wildman–Crippen LogP) is 3.42. The Morgan fingerprint density at radius 2 is 1.90 bits per heavy atom. The molecule has 31 heavy (non-hydrogen) atoms. The molecule has 0 aliphatic heterocycles. The molecule has 0 aliphatic carbocycles. The molecule has 3 aromatic heterocycles. The Bertz CT molecular complexity index is 1370. The van der Waals surface area contributed by atoms with Crippen LogP contribution in [-0.4, -0.2) is 19.9 Å². The third-order valence-corrected chi connectivity index (χ3v) is 5.45. The van der Waals surface area contributed by atoms with Gasteiger partial charge in [-0.1, -0.05) is 49.7 Å². The molecule has 0 aliphatic rings. The van der Waals surface area contributed by atoms with E-state index in [0.29, 0.717) is 23.2 Å². The average molecular weight is 415 g/mol. The Kier molecular flexibility index (Phi) is 5.66. The van der Waals surface area contributed by atoms with Crippen molar-refractivity contribution in [1.82, 2.24) is 19.3 Å². The maximum Gasteiger partial charge on any atom is 0.267 e. The molecular weight excluding hydrogens is 390 g/mol. The van der Waals surface area contributed by atoms with Crippen molar-refractivity contribution in [3.63, 3.8) is 0 Å². The summed E-state index contributed by atoms with van der Waals surface area (Å²) in [6.07, 6.45) is 3.39. The number of fused-ring (bicyclic) bond motifs is 2. The molecule has 7 heteroatoms. The van der Waals surface area contributed by atoms with E-state index in [0.717, 1.165) is 18.4 Å². The van der Waals surface area contributed by atoms with Gasteiger partial charge in [-0.15, -0.1) is 0 Å². The lowest BCUT2D eigenvalue weighted by molar-refractivity contribution is 0.0937. The average Bonchev–Trinajstić information content (AvgIpc) is 2.79. The smallest absolute Gasteiger partial charge is 0.267 e. The van der Waals surface area contributed by atoms with Crippen molar-refractivity contribution in [2.24, 2.45) is 0 Å². The number of carbonyl (C=O) groups excluding carboxylic acids is 1. The third kappa shape index (κ3) is 3.86. The van der Waals surface area contributed by atoms with Gasteiger partial charge in [0.25, 0.3) is 11.5 Å². The molecule has 158 valence electrons. The van der Waals surface area contributed by atoms with Gasteiger partial charge in [0.05, 0.1) is 17.0 Å². The number of rotatable bonds is 6. The molecule has 4 aromatic rings. The molecule has 7 nitrogen and oxygen atoms in total. The standard InChI is InChI=1S/C24H25N5O2/c1-3-4-13-29-21(25)18(23(30)26-16(2)17-10-6-5-7-11-17)15-19-22(29)27-20-12-8-9-14-28(20)24(19)31/h5-12,14-16,25H,3-4,13H2,1-2H3,(H,26,30). The highest BCUT2D eigenvalue weighted by Crippen LogP contribution is 2.14. The van der Waals surface area contributed by atoms with E-state index >= 15 is 0 Å². The van der Waals surface area contributed by atoms with Crippen molar-refractivity contribution in [2.75, 3.05) is 0 Å². The number of hydrogen-bond acceptors (Lipinski definition) is 4. The number of nitrogens with zero attached hydrogens (tertiary/aromatic N) is 3. The van der Waals surface area contributed by atoms with Gasteiger partial charge >= 0.3 is 0 Å². The Morgan fingerprint density at radius 1 is 1.16 bits per heavy atom. The minimum absolute atomic E-state index is 0.0610. The van der Waals surface area contributed by atoms with Crippen LogP contribution >= 0.6 is 0 Å². The minimum atomic E-state index is -0.383. The van der Waals surface area contributed by atoms with E-state index in [9.17, 15) is 9.59 Å². The molecule has 0 radical (unpaired) electrons. The molecule has 3 heterocycles. The SMILES string of the molecule is CCCCn1c(=N)c(C(=O)NC(C)c2ccccc2)cc2c(=O)n3ccccc3nc21. The van der Waals surface area contributed by atoms with E-state index in [1.807, 2.05) is 43.3 Å². The summed E-state index contributed by atoms with van der Waals surface area (Å²) >= 11 is 0. The molecule has 0 saturated heterocycles. The van der Waals surface area contributed by atoms with Crippen LogP contribution in [0.15, 0.2) is 65.6 Å². The zero-order valence-corrected chi connectivity index (χ0v) is 17.6. The molecule has 1 atom stereocenters. The summed E-state index contributed by atoms with van der Waals surface area (Å²) in [5.41, 5.74) is 1.89. The highest BCUT2D eigenvalue weighted by Gasteiger charge is 2.19. The van der Waals surface area contributed by atoms with Crippen molar-refractivity contribution in [3.8, 4) is 0 Å². The van der Waals surface area contributed by atoms with E-state index in [-0.39, 0.29) is 28.6 Å². The second-order valence-electron chi connectivity index (χ2n) is 7.60. The topological polar surface area (TPSA) is 92.2 Å². The first-order chi connectivity index (χ1) is 15.0. The molecule has 2 N–H and O–H groups in total. The number of unbranched alkanes of at least 4 members (excludes halogenated alkanes) is 1. The van der Waals surface area contributed by atoms with E-state index in [1.54, 1.807) is 22.9 Å². The molecule has 4 rings (SSSR count). The van der Waals surface area contributed by atoms with E-state index in [4.69, 9.17) is 5.41 Å². The number of hydrogen-bond donors (Lipinski definition) is 2. The Balaban J connectivity index is 1.87. The molecule has 1 unspecified atom stereocenters. The summed E-state index contributed by atoms with van der Waals surface area (Å²) in [4.78, 5) is 30.9. The lowest BCUT2D eigenvalue weighted by Crippen LogP contribution is -2.36. The maximum atomic E-state index is 13.2. The van der Waals surface area contributed by atoms with Gasteiger partial charge in [0.1, 0.15) is 16.8 Å². The van der Waals surface area contributed by atoms with Gasteiger partial charge in [-0.3, -0.25) is 19.4 Å². The first kappa shape index (κ1) is 20.5. The van der Waals surface area contributed by atoms with Crippen molar-refractivity contribution < 1.29 is 4.79 Å². The van der Waals surface area contributed by atoms with E-state index < -0.39 is 0 Å². The van der Waals surface area contributed by atoms with Crippen LogP contribution in [-0.2, 0) is 6.54 Å². The van der Waals surface area contributed by atoms with Crippen molar-refractivity contribution in [2.45, 2.75) is 39.3 Å². The number of pyridine rings is 2. The number of aromatic nitrogens is 3. The first-order valence-electron chi connectivity index (χ1n) is 10.5. The van der Waals surface area contributed by atoms with Gasteiger partial charge in [0.15, 0.2) is 0 Å². The second-order valence-corrected chi connectivity index (χ2v) is 7.60. The lowest BCUT2D eigenvalue weighted by atomic mass is 10.1. The van der Waals surface area contributed by atoms with Crippen LogP contribution in [0.1, 0.15) is 48.7 Å². The monoisotopic (exact) mass is 415 g/mol. The summed E-state index contributed by atoms with van der Waals surface area (Å²) in [7, 11) is 0. The number of benzene rings is 1. The number of aryl methyl sites for hydroxylation is 1. The summed E-state index contributed by atoms with van der Waals surface area (Å²) in [6, 6.07) is 16.3. The maximum absolute atomic E-state index is 13.2.